The molecule has 0 saturated carbocycles. The SMILES string of the molecule is Cc1sc(N2CCCC2)nc1-c1ccc(NC(=O)C(C)C)cc1. The van der Waals surface area contributed by atoms with Crippen LogP contribution in [0.4, 0.5) is 10.8 Å². The number of hydrogen-bond donors (Lipinski definition) is 1. The minimum absolute atomic E-state index is 0.0153. The molecule has 1 aliphatic heterocycles. The Morgan fingerprint density at radius 2 is 1.87 bits per heavy atom. The second-order valence-electron chi connectivity index (χ2n) is 6.32. The molecule has 3 rings (SSSR count). The van der Waals surface area contributed by atoms with Crippen molar-refractivity contribution in [3.8, 4) is 11.3 Å². The lowest BCUT2D eigenvalue weighted by molar-refractivity contribution is -0.118. The Kier molecular flexibility index (Phi) is 4.66. The molecule has 1 aliphatic rings. The number of nitrogens with one attached hydrogen (secondary N) is 1. The monoisotopic (exact) mass is 329 g/mol. The van der Waals surface area contributed by atoms with Crippen LogP contribution in [-0.2, 0) is 4.79 Å². The van der Waals surface area contributed by atoms with Crippen LogP contribution < -0.4 is 10.2 Å². The highest BCUT2D eigenvalue weighted by Gasteiger charge is 2.18. The van der Waals surface area contributed by atoms with Gasteiger partial charge in [0.05, 0.1) is 5.69 Å². The number of nitrogens with zero attached hydrogens (tertiary/aromatic N) is 2. The first-order chi connectivity index (χ1) is 11.0. The lowest BCUT2D eigenvalue weighted by atomic mass is 10.1. The van der Waals surface area contributed by atoms with Gasteiger partial charge in [0, 0.05) is 35.1 Å². The highest BCUT2D eigenvalue weighted by molar-refractivity contribution is 7.16. The number of carbonyl (C=O) groups excluding carboxylic acids is 1. The smallest absolute Gasteiger partial charge is 0.226 e. The lowest BCUT2D eigenvalue weighted by Crippen LogP contribution is -2.17. The van der Waals surface area contributed by atoms with Crippen LogP contribution in [0.1, 0.15) is 31.6 Å². The molecule has 0 bridgehead atoms. The van der Waals surface area contributed by atoms with E-state index in [9.17, 15) is 4.79 Å². The summed E-state index contributed by atoms with van der Waals surface area (Å²) in [5.41, 5.74) is 2.99. The molecule has 1 saturated heterocycles. The van der Waals surface area contributed by atoms with E-state index in [1.807, 2.05) is 38.1 Å². The van der Waals surface area contributed by atoms with Crippen LogP contribution in [0.15, 0.2) is 24.3 Å². The Morgan fingerprint density at radius 1 is 1.22 bits per heavy atom. The highest BCUT2D eigenvalue weighted by atomic mass is 32.1. The number of benzene rings is 1. The molecule has 23 heavy (non-hydrogen) atoms. The molecule has 1 aromatic carbocycles. The molecule has 0 unspecified atom stereocenters. The van der Waals surface area contributed by atoms with Gasteiger partial charge in [-0.2, -0.15) is 0 Å². The zero-order valence-electron chi connectivity index (χ0n) is 13.9. The molecular formula is C18H23N3OS. The largest absolute Gasteiger partial charge is 0.348 e. The zero-order valence-corrected chi connectivity index (χ0v) is 14.7. The minimum Gasteiger partial charge on any atom is -0.348 e. The van der Waals surface area contributed by atoms with Crippen LogP contribution in [-0.4, -0.2) is 24.0 Å². The molecule has 1 aromatic heterocycles. The molecular weight excluding hydrogens is 306 g/mol. The first-order valence-corrected chi connectivity index (χ1v) is 9.00. The van der Waals surface area contributed by atoms with Crippen molar-refractivity contribution in [1.29, 1.82) is 0 Å². The molecule has 0 aliphatic carbocycles. The van der Waals surface area contributed by atoms with E-state index in [-0.39, 0.29) is 11.8 Å². The van der Waals surface area contributed by atoms with Crippen LogP contribution in [0.5, 0.6) is 0 Å². The quantitative estimate of drug-likeness (QED) is 0.909. The Morgan fingerprint density at radius 3 is 2.48 bits per heavy atom. The van der Waals surface area contributed by atoms with Gasteiger partial charge in [-0.25, -0.2) is 4.98 Å². The van der Waals surface area contributed by atoms with Crippen molar-refractivity contribution in [3.63, 3.8) is 0 Å². The van der Waals surface area contributed by atoms with E-state index in [2.05, 4.69) is 17.1 Å². The van der Waals surface area contributed by atoms with E-state index in [1.165, 1.54) is 17.7 Å². The van der Waals surface area contributed by atoms with Gasteiger partial charge in [0.15, 0.2) is 5.13 Å². The molecule has 2 heterocycles. The van der Waals surface area contributed by atoms with E-state index in [1.54, 1.807) is 11.3 Å². The van der Waals surface area contributed by atoms with Gasteiger partial charge in [-0.3, -0.25) is 4.79 Å². The second-order valence-corrected chi connectivity index (χ2v) is 7.50. The van der Waals surface area contributed by atoms with E-state index in [0.29, 0.717) is 0 Å². The molecule has 5 heteroatoms. The van der Waals surface area contributed by atoms with Gasteiger partial charge in [0.2, 0.25) is 5.91 Å². The zero-order chi connectivity index (χ0) is 16.4. The number of aryl methyl sites for hydroxylation is 1. The van der Waals surface area contributed by atoms with E-state index in [4.69, 9.17) is 4.98 Å². The maximum absolute atomic E-state index is 11.7. The fourth-order valence-electron chi connectivity index (χ4n) is 2.69. The summed E-state index contributed by atoms with van der Waals surface area (Å²) in [5.74, 6) is 0.0254. The van der Waals surface area contributed by atoms with Gasteiger partial charge in [-0.05, 0) is 31.9 Å². The normalized spacial score (nSPS) is 14.5. The summed E-state index contributed by atoms with van der Waals surface area (Å²) >= 11 is 1.77. The molecule has 1 N–H and O–H groups in total. The number of aromatic nitrogens is 1. The summed E-state index contributed by atoms with van der Waals surface area (Å²) in [7, 11) is 0. The van der Waals surface area contributed by atoms with Gasteiger partial charge in [-0.1, -0.05) is 26.0 Å². The molecule has 1 amide bonds. The first-order valence-electron chi connectivity index (χ1n) is 8.18. The Balaban J connectivity index is 1.78. The topological polar surface area (TPSA) is 45.2 Å². The number of carbonyl (C=O) groups is 1. The third-order valence-corrected chi connectivity index (χ3v) is 5.14. The third kappa shape index (κ3) is 3.55. The van der Waals surface area contributed by atoms with Crippen molar-refractivity contribution in [2.24, 2.45) is 5.92 Å². The standard InChI is InChI=1S/C18H23N3OS/c1-12(2)17(22)19-15-8-6-14(7-9-15)16-13(3)23-18(20-16)21-10-4-5-11-21/h6-9,12H,4-5,10-11H2,1-3H3,(H,19,22). The van der Waals surface area contributed by atoms with Crippen LogP contribution in [0.25, 0.3) is 11.3 Å². The molecule has 0 spiro atoms. The predicted octanol–water partition coefficient (Wildman–Crippen LogP) is 4.31. The van der Waals surface area contributed by atoms with Gasteiger partial charge >= 0.3 is 0 Å². The van der Waals surface area contributed by atoms with Crippen molar-refractivity contribution in [1.82, 2.24) is 4.98 Å². The van der Waals surface area contributed by atoms with Crippen LogP contribution >= 0.6 is 11.3 Å². The Labute approximate surface area is 141 Å². The fraction of sp³-hybridized carbons (Fsp3) is 0.444. The Bertz CT molecular complexity index is 685. The average Bonchev–Trinajstić information content (AvgIpc) is 3.17. The molecule has 4 nitrogen and oxygen atoms in total. The van der Waals surface area contributed by atoms with E-state index >= 15 is 0 Å². The van der Waals surface area contributed by atoms with Crippen LogP contribution in [0.3, 0.4) is 0 Å². The highest BCUT2D eigenvalue weighted by Crippen LogP contribution is 2.34. The first kappa shape index (κ1) is 16.0. The molecule has 122 valence electrons. The van der Waals surface area contributed by atoms with Crippen molar-refractivity contribution in [2.45, 2.75) is 33.6 Å². The van der Waals surface area contributed by atoms with Gasteiger partial charge in [-0.15, -0.1) is 11.3 Å². The van der Waals surface area contributed by atoms with Crippen molar-refractivity contribution in [3.05, 3.63) is 29.1 Å². The molecule has 2 aromatic rings. The van der Waals surface area contributed by atoms with Crippen LogP contribution in [0.2, 0.25) is 0 Å². The summed E-state index contributed by atoms with van der Waals surface area (Å²) in [5, 5.41) is 4.05. The maximum atomic E-state index is 11.7. The predicted molar refractivity (Wildman–Crippen MR) is 97.2 cm³/mol. The number of amides is 1. The maximum Gasteiger partial charge on any atom is 0.226 e. The number of anilines is 2. The van der Waals surface area contributed by atoms with Gasteiger partial charge in [0.1, 0.15) is 0 Å². The summed E-state index contributed by atoms with van der Waals surface area (Å²) in [6, 6.07) is 7.96. The van der Waals surface area contributed by atoms with E-state index in [0.717, 1.165) is 35.2 Å². The third-order valence-electron chi connectivity index (χ3n) is 4.11. The summed E-state index contributed by atoms with van der Waals surface area (Å²) in [6.07, 6.45) is 2.52. The summed E-state index contributed by atoms with van der Waals surface area (Å²) < 4.78 is 0. The number of rotatable bonds is 4. The number of hydrogen-bond acceptors (Lipinski definition) is 4. The average molecular weight is 329 g/mol. The summed E-state index contributed by atoms with van der Waals surface area (Å²) in [4.78, 5) is 20.2. The van der Waals surface area contributed by atoms with Gasteiger partial charge in [0.25, 0.3) is 0 Å². The molecule has 0 radical (unpaired) electrons. The Hall–Kier alpha value is -1.88. The lowest BCUT2D eigenvalue weighted by Gasteiger charge is -2.12. The number of thiazole rings is 1. The molecule has 0 atom stereocenters. The minimum atomic E-state index is -0.0153. The second kappa shape index (κ2) is 6.71. The molecule has 1 fully saturated rings. The van der Waals surface area contributed by atoms with E-state index < -0.39 is 0 Å². The van der Waals surface area contributed by atoms with Crippen molar-refractivity contribution in [2.75, 3.05) is 23.3 Å². The summed E-state index contributed by atoms with van der Waals surface area (Å²) in [6.45, 7) is 8.14. The van der Waals surface area contributed by atoms with Crippen molar-refractivity contribution < 1.29 is 4.79 Å². The van der Waals surface area contributed by atoms with Gasteiger partial charge < -0.3 is 10.2 Å². The van der Waals surface area contributed by atoms with Crippen molar-refractivity contribution >= 4 is 28.1 Å². The fourth-order valence-corrected chi connectivity index (χ4v) is 3.67. The van der Waals surface area contributed by atoms with Crippen LogP contribution in [0, 0.1) is 12.8 Å².